The largest absolute Gasteiger partial charge is 0.490 e. The zero-order valence-corrected chi connectivity index (χ0v) is 21.8. The lowest BCUT2D eigenvalue weighted by molar-refractivity contribution is -0.131. The normalized spacial score (nSPS) is 10.4. The lowest BCUT2D eigenvalue weighted by Crippen LogP contribution is -2.11. The molecular formula is C32H25FO7. The van der Waals surface area contributed by atoms with Gasteiger partial charge in [-0.3, -0.25) is 0 Å². The molecule has 8 heteroatoms. The van der Waals surface area contributed by atoms with Gasteiger partial charge in [-0.2, -0.15) is 4.39 Å². The second-order valence-electron chi connectivity index (χ2n) is 8.58. The van der Waals surface area contributed by atoms with Crippen LogP contribution in [0.2, 0.25) is 0 Å². The maximum Gasteiger partial charge on any atom is 0.372 e. The first kappa shape index (κ1) is 27.8. The summed E-state index contributed by atoms with van der Waals surface area (Å²) in [7, 11) is 0. The molecule has 0 aliphatic heterocycles. The van der Waals surface area contributed by atoms with Crippen LogP contribution in [0.5, 0.6) is 23.0 Å². The van der Waals surface area contributed by atoms with Crippen LogP contribution < -0.4 is 18.9 Å². The number of carbonyl (C=O) groups is 3. The third-order valence-corrected chi connectivity index (χ3v) is 5.66. The third-order valence-electron chi connectivity index (χ3n) is 5.66. The van der Waals surface area contributed by atoms with Gasteiger partial charge in [0.05, 0.1) is 17.7 Å². The van der Waals surface area contributed by atoms with E-state index < -0.39 is 23.7 Å². The molecule has 0 aliphatic carbocycles. The average molecular weight is 541 g/mol. The highest BCUT2D eigenvalue weighted by molar-refractivity contribution is 5.93. The minimum atomic E-state index is -1.29. The molecule has 4 rings (SSSR count). The number of hydrogen-bond acceptors (Lipinski definition) is 7. The van der Waals surface area contributed by atoms with Crippen LogP contribution in [0.25, 0.3) is 11.1 Å². The van der Waals surface area contributed by atoms with E-state index in [2.05, 4.69) is 6.58 Å². The van der Waals surface area contributed by atoms with Gasteiger partial charge in [0.1, 0.15) is 11.5 Å². The SMILES string of the molecule is C=C(F)C(=O)Oc1cc(OC(=O)c2ccc(OC(=O)c3ccc(-c4ccc(C)cc4)cc3)cc2)ccc1OCC. The number of hydrogen-bond donors (Lipinski definition) is 0. The molecule has 0 spiro atoms. The molecule has 0 aromatic heterocycles. The minimum absolute atomic E-state index is 0.0327. The van der Waals surface area contributed by atoms with Crippen LogP contribution >= 0.6 is 0 Å². The fourth-order valence-corrected chi connectivity index (χ4v) is 3.60. The van der Waals surface area contributed by atoms with E-state index in [0.717, 1.165) is 16.7 Å². The Kier molecular flexibility index (Phi) is 8.71. The molecule has 0 radical (unpaired) electrons. The summed E-state index contributed by atoms with van der Waals surface area (Å²) in [5.74, 6) is -3.55. The van der Waals surface area contributed by atoms with Crippen LogP contribution in [0.15, 0.2) is 103 Å². The van der Waals surface area contributed by atoms with Crippen molar-refractivity contribution < 1.29 is 37.7 Å². The number of benzene rings is 4. The molecule has 4 aromatic carbocycles. The Morgan fingerprint density at radius 2 is 1.18 bits per heavy atom. The van der Waals surface area contributed by atoms with Crippen molar-refractivity contribution >= 4 is 17.9 Å². The van der Waals surface area contributed by atoms with Crippen molar-refractivity contribution in [2.75, 3.05) is 6.61 Å². The average Bonchev–Trinajstić information content (AvgIpc) is 2.95. The Labute approximate surface area is 230 Å². The van der Waals surface area contributed by atoms with Gasteiger partial charge in [0, 0.05) is 6.07 Å². The van der Waals surface area contributed by atoms with Crippen molar-refractivity contribution in [2.24, 2.45) is 0 Å². The monoisotopic (exact) mass is 540 g/mol. The van der Waals surface area contributed by atoms with Crippen LogP contribution in [0, 0.1) is 6.92 Å². The second kappa shape index (κ2) is 12.5. The summed E-state index contributed by atoms with van der Waals surface area (Å²) in [5.41, 5.74) is 3.73. The van der Waals surface area contributed by atoms with Crippen LogP contribution in [-0.4, -0.2) is 24.5 Å². The Bertz CT molecular complexity index is 1540. The van der Waals surface area contributed by atoms with Gasteiger partial charge in [0.2, 0.25) is 5.83 Å². The van der Waals surface area contributed by atoms with Crippen molar-refractivity contribution in [3.8, 4) is 34.1 Å². The van der Waals surface area contributed by atoms with E-state index >= 15 is 0 Å². The molecule has 0 aliphatic rings. The predicted octanol–water partition coefficient (Wildman–Crippen LogP) is 6.89. The maximum atomic E-state index is 13.1. The fourth-order valence-electron chi connectivity index (χ4n) is 3.60. The van der Waals surface area contributed by atoms with Gasteiger partial charge in [0.15, 0.2) is 11.5 Å². The minimum Gasteiger partial charge on any atom is -0.490 e. The van der Waals surface area contributed by atoms with Gasteiger partial charge >= 0.3 is 17.9 Å². The summed E-state index contributed by atoms with van der Waals surface area (Å²) in [4.78, 5) is 36.9. The number of rotatable bonds is 9. The van der Waals surface area contributed by atoms with Gasteiger partial charge in [-0.05, 0) is 73.5 Å². The van der Waals surface area contributed by atoms with E-state index in [-0.39, 0.29) is 35.2 Å². The summed E-state index contributed by atoms with van der Waals surface area (Å²) in [6.45, 7) is 6.90. The van der Waals surface area contributed by atoms with Crippen molar-refractivity contribution in [1.29, 1.82) is 0 Å². The number of carbonyl (C=O) groups excluding carboxylic acids is 3. The molecule has 0 unspecified atom stereocenters. The maximum absolute atomic E-state index is 13.1. The first-order valence-electron chi connectivity index (χ1n) is 12.3. The summed E-state index contributed by atoms with van der Waals surface area (Å²) in [5, 5.41) is 0. The Morgan fingerprint density at radius 3 is 1.73 bits per heavy atom. The highest BCUT2D eigenvalue weighted by atomic mass is 19.1. The van der Waals surface area contributed by atoms with E-state index in [0.29, 0.717) is 5.56 Å². The summed E-state index contributed by atoms with van der Waals surface area (Å²) < 4.78 is 34.2. The molecule has 0 N–H and O–H groups in total. The first-order valence-corrected chi connectivity index (χ1v) is 12.3. The first-order chi connectivity index (χ1) is 19.2. The molecule has 0 saturated heterocycles. The molecule has 0 bridgehead atoms. The van der Waals surface area contributed by atoms with Gasteiger partial charge < -0.3 is 18.9 Å². The van der Waals surface area contributed by atoms with Crippen LogP contribution in [-0.2, 0) is 4.79 Å². The summed E-state index contributed by atoms with van der Waals surface area (Å²) in [6, 6.07) is 25.0. The van der Waals surface area contributed by atoms with Crippen LogP contribution in [0.4, 0.5) is 4.39 Å². The number of ether oxygens (including phenoxy) is 4. The molecule has 40 heavy (non-hydrogen) atoms. The summed E-state index contributed by atoms with van der Waals surface area (Å²) in [6.07, 6.45) is 0. The molecule has 0 atom stereocenters. The van der Waals surface area contributed by atoms with Gasteiger partial charge in [-0.1, -0.05) is 48.5 Å². The van der Waals surface area contributed by atoms with Crippen molar-refractivity contribution in [3.63, 3.8) is 0 Å². The van der Waals surface area contributed by atoms with Crippen molar-refractivity contribution in [1.82, 2.24) is 0 Å². The number of halogens is 1. The molecule has 0 fully saturated rings. The molecule has 202 valence electrons. The number of esters is 3. The van der Waals surface area contributed by atoms with E-state index in [9.17, 15) is 18.8 Å². The standard InChI is InChI=1S/C32H25FO7/c1-4-37-28-18-17-27(19-29(28)40-30(34)21(3)33)39-32(36)25-13-15-26(16-14-25)38-31(35)24-11-9-23(10-12-24)22-7-5-20(2)6-8-22/h5-19H,3-4H2,1-2H3. The Hall–Kier alpha value is -5.24. The van der Waals surface area contributed by atoms with E-state index in [1.54, 1.807) is 19.1 Å². The molecule has 0 saturated carbocycles. The van der Waals surface area contributed by atoms with E-state index in [1.807, 2.05) is 43.3 Å². The van der Waals surface area contributed by atoms with Crippen LogP contribution in [0.3, 0.4) is 0 Å². The molecule has 0 amide bonds. The predicted molar refractivity (Wildman–Crippen MR) is 146 cm³/mol. The van der Waals surface area contributed by atoms with Gasteiger partial charge in [0.25, 0.3) is 0 Å². The molecule has 0 heterocycles. The van der Waals surface area contributed by atoms with Gasteiger partial charge in [-0.25, -0.2) is 14.4 Å². The van der Waals surface area contributed by atoms with E-state index in [1.165, 1.54) is 42.5 Å². The smallest absolute Gasteiger partial charge is 0.372 e. The van der Waals surface area contributed by atoms with Crippen molar-refractivity contribution in [2.45, 2.75) is 13.8 Å². The van der Waals surface area contributed by atoms with Crippen molar-refractivity contribution in [3.05, 3.63) is 120 Å². The Balaban J connectivity index is 1.39. The quantitative estimate of drug-likeness (QED) is 0.130. The highest BCUT2D eigenvalue weighted by Crippen LogP contribution is 2.33. The third kappa shape index (κ3) is 6.99. The zero-order valence-electron chi connectivity index (χ0n) is 21.8. The molecular weight excluding hydrogens is 515 g/mol. The summed E-state index contributed by atoms with van der Waals surface area (Å²) >= 11 is 0. The Morgan fingerprint density at radius 1 is 0.675 bits per heavy atom. The highest BCUT2D eigenvalue weighted by Gasteiger charge is 2.17. The molecule has 4 aromatic rings. The van der Waals surface area contributed by atoms with E-state index in [4.69, 9.17) is 18.9 Å². The topological polar surface area (TPSA) is 88.1 Å². The molecule has 7 nitrogen and oxygen atoms in total. The zero-order chi connectivity index (χ0) is 28.6. The van der Waals surface area contributed by atoms with Gasteiger partial charge in [-0.15, -0.1) is 0 Å². The second-order valence-corrected chi connectivity index (χ2v) is 8.58. The lowest BCUT2D eigenvalue weighted by atomic mass is 10.0. The van der Waals surface area contributed by atoms with Crippen LogP contribution in [0.1, 0.15) is 33.2 Å². The lowest BCUT2D eigenvalue weighted by Gasteiger charge is -2.12. The number of aryl methyl sites for hydroxylation is 1. The fraction of sp³-hybridized carbons (Fsp3) is 0.0938.